The fourth-order valence-corrected chi connectivity index (χ4v) is 1.74. The summed E-state index contributed by atoms with van der Waals surface area (Å²) < 4.78 is 5.23. The van der Waals surface area contributed by atoms with Gasteiger partial charge < -0.3 is 9.84 Å². The molecule has 2 nitrogen and oxygen atoms in total. The molecule has 1 N–H and O–H groups in total. The molecule has 0 amide bonds. The van der Waals surface area contributed by atoms with Gasteiger partial charge in [-0.3, -0.25) is 0 Å². The quantitative estimate of drug-likeness (QED) is 0.794. The minimum absolute atomic E-state index is 0.462. The van der Waals surface area contributed by atoms with Crippen LogP contribution < -0.4 is 4.74 Å². The van der Waals surface area contributed by atoms with Crippen LogP contribution in [0.2, 0.25) is 0 Å². The molecule has 1 atom stereocenters. The Kier molecular flexibility index (Phi) is 2.60. The molecule has 0 aliphatic heterocycles. The lowest BCUT2D eigenvalue weighted by Gasteiger charge is -2.26. The van der Waals surface area contributed by atoms with Crippen molar-refractivity contribution in [1.82, 2.24) is 0 Å². The van der Waals surface area contributed by atoms with Crippen molar-refractivity contribution in [3.63, 3.8) is 0 Å². The maximum atomic E-state index is 10.4. The van der Waals surface area contributed by atoms with Gasteiger partial charge in [0.2, 0.25) is 0 Å². The van der Waals surface area contributed by atoms with Crippen LogP contribution in [0.15, 0.2) is 42.5 Å². The van der Waals surface area contributed by atoms with Crippen LogP contribution in [0.4, 0.5) is 0 Å². The zero-order valence-electron chi connectivity index (χ0n) is 8.60. The van der Waals surface area contributed by atoms with Gasteiger partial charge in [0.1, 0.15) is 11.4 Å². The predicted molar refractivity (Wildman–Crippen MR) is 58.5 cm³/mol. The number of allylic oxidation sites excluding steroid dienone is 2. The Balaban J connectivity index is 2.44. The molecule has 0 aromatic heterocycles. The van der Waals surface area contributed by atoms with E-state index in [0.29, 0.717) is 12.2 Å². The van der Waals surface area contributed by atoms with E-state index in [1.54, 1.807) is 19.3 Å². The SMILES string of the molecule is COc1ccccc1C1(O)C=CC=[C]C1. The van der Waals surface area contributed by atoms with Gasteiger partial charge in [-0.1, -0.05) is 30.4 Å². The summed E-state index contributed by atoms with van der Waals surface area (Å²) in [5.74, 6) is 0.702. The molecule has 0 bridgehead atoms. The largest absolute Gasteiger partial charge is 0.496 e. The summed E-state index contributed by atoms with van der Waals surface area (Å²) in [6, 6.07) is 7.50. The van der Waals surface area contributed by atoms with Crippen LogP contribution in [-0.2, 0) is 5.60 Å². The monoisotopic (exact) mass is 201 g/mol. The van der Waals surface area contributed by atoms with E-state index in [2.05, 4.69) is 6.08 Å². The zero-order valence-corrected chi connectivity index (χ0v) is 8.60. The molecular weight excluding hydrogens is 188 g/mol. The fraction of sp³-hybridized carbons (Fsp3) is 0.231. The molecule has 0 fully saturated rings. The molecular formula is C13H13O2. The minimum Gasteiger partial charge on any atom is -0.496 e. The third-order valence-corrected chi connectivity index (χ3v) is 2.53. The maximum absolute atomic E-state index is 10.4. The Bertz CT molecular complexity index is 407. The highest BCUT2D eigenvalue weighted by molar-refractivity contribution is 5.42. The van der Waals surface area contributed by atoms with Gasteiger partial charge in [-0.15, -0.1) is 0 Å². The normalized spacial score (nSPS) is 24.1. The number of methoxy groups -OCH3 is 1. The van der Waals surface area contributed by atoms with E-state index < -0.39 is 5.60 Å². The van der Waals surface area contributed by atoms with Gasteiger partial charge in [-0.2, -0.15) is 0 Å². The van der Waals surface area contributed by atoms with E-state index in [4.69, 9.17) is 4.74 Å². The van der Waals surface area contributed by atoms with Crippen molar-refractivity contribution in [3.8, 4) is 5.75 Å². The summed E-state index contributed by atoms with van der Waals surface area (Å²) in [6.45, 7) is 0. The van der Waals surface area contributed by atoms with Crippen LogP contribution in [0, 0.1) is 6.08 Å². The fourth-order valence-electron chi connectivity index (χ4n) is 1.74. The number of para-hydroxylation sites is 1. The summed E-state index contributed by atoms with van der Waals surface area (Å²) in [5, 5.41) is 10.4. The van der Waals surface area contributed by atoms with E-state index in [1.165, 1.54) is 0 Å². The van der Waals surface area contributed by atoms with Crippen molar-refractivity contribution < 1.29 is 9.84 Å². The van der Waals surface area contributed by atoms with Crippen molar-refractivity contribution in [1.29, 1.82) is 0 Å². The van der Waals surface area contributed by atoms with Crippen LogP contribution in [0.5, 0.6) is 5.75 Å². The Morgan fingerprint density at radius 1 is 1.40 bits per heavy atom. The second-order valence-corrected chi connectivity index (χ2v) is 3.53. The van der Waals surface area contributed by atoms with Crippen LogP contribution in [0.1, 0.15) is 12.0 Å². The van der Waals surface area contributed by atoms with Crippen molar-refractivity contribution >= 4 is 0 Å². The second kappa shape index (κ2) is 3.91. The van der Waals surface area contributed by atoms with Crippen molar-refractivity contribution in [3.05, 3.63) is 54.1 Å². The smallest absolute Gasteiger partial charge is 0.125 e. The number of hydrogen-bond donors (Lipinski definition) is 1. The molecule has 1 aliphatic rings. The third kappa shape index (κ3) is 1.81. The van der Waals surface area contributed by atoms with E-state index in [-0.39, 0.29) is 0 Å². The molecule has 1 aromatic rings. The summed E-state index contributed by atoms with van der Waals surface area (Å²) in [4.78, 5) is 0. The lowest BCUT2D eigenvalue weighted by atomic mass is 9.87. The first-order chi connectivity index (χ1) is 7.26. The molecule has 15 heavy (non-hydrogen) atoms. The van der Waals surface area contributed by atoms with Crippen LogP contribution in [0.25, 0.3) is 0 Å². The Morgan fingerprint density at radius 3 is 2.87 bits per heavy atom. The maximum Gasteiger partial charge on any atom is 0.125 e. The first-order valence-corrected chi connectivity index (χ1v) is 4.86. The molecule has 1 aromatic carbocycles. The number of rotatable bonds is 2. The van der Waals surface area contributed by atoms with E-state index in [9.17, 15) is 5.11 Å². The zero-order chi connectivity index (χ0) is 10.7. The lowest BCUT2D eigenvalue weighted by Crippen LogP contribution is -2.24. The number of benzene rings is 1. The molecule has 0 heterocycles. The Hall–Kier alpha value is -1.54. The van der Waals surface area contributed by atoms with Gasteiger partial charge >= 0.3 is 0 Å². The third-order valence-electron chi connectivity index (χ3n) is 2.53. The van der Waals surface area contributed by atoms with E-state index >= 15 is 0 Å². The molecule has 1 radical (unpaired) electrons. The van der Waals surface area contributed by atoms with Gasteiger partial charge in [0.25, 0.3) is 0 Å². The lowest BCUT2D eigenvalue weighted by molar-refractivity contribution is 0.0865. The Labute approximate surface area is 89.5 Å². The van der Waals surface area contributed by atoms with Gasteiger partial charge in [0, 0.05) is 12.0 Å². The first kappa shape index (κ1) is 9.99. The average Bonchev–Trinajstić information content (AvgIpc) is 2.30. The van der Waals surface area contributed by atoms with Crippen LogP contribution in [0.3, 0.4) is 0 Å². The number of aliphatic hydroxyl groups is 1. The highest BCUT2D eigenvalue weighted by atomic mass is 16.5. The molecule has 0 saturated heterocycles. The van der Waals surface area contributed by atoms with E-state index in [1.807, 2.05) is 30.3 Å². The standard InChI is InChI=1S/C13H13O2/c1-15-12-8-4-3-7-11(12)13(14)9-5-2-6-10-13/h2-5,7-9,14H,10H2,1H3. The van der Waals surface area contributed by atoms with Crippen molar-refractivity contribution in [2.45, 2.75) is 12.0 Å². The molecule has 2 heteroatoms. The van der Waals surface area contributed by atoms with Gasteiger partial charge in [0.05, 0.1) is 7.11 Å². The number of ether oxygens (including phenoxy) is 1. The average molecular weight is 201 g/mol. The van der Waals surface area contributed by atoms with Crippen LogP contribution >= 0.6 is 0 Å². The van der Waals surface area contributed by atoms with Crippen LogP contribution in [-0.4, -0.2) is 12.2 Å². The van der Waals surface area contributed by atoms with Gasteiger partial charge in [-0.05, 0) is 18.2 Å². The molecule has 2 rings (SSSR count). The Morgan fingerprint density at radius 2 is 2.20 bits per heavy atom. The topological polar surface area (TPSA) is 29.5 Å². The van der Waals surface area contributed by atoms with E-state index in [0.717, 1.165) is 5.56 Å². The highest BCUT2D eigenvalue weighted by Crippen LogP contribution is 2.35. The predicted octanol–water partition coefficient (Wildman–Crippen LogP) is 2.20. The van der Waals surface area contributed by atoms with Gasteiger partial charge in [-0.25, -0.2) is 0 Å². The summed E-state index contributed by atoms with van der Waals surface area (Å²) >= 11 is 0. The summed E-state index contributed by atoms with van der Waals surface area (Å²) in [7, 11) is 1.61. The molecule has 0 spiro atoms. The highest BCUT2D eigenvalue weighted by Gasteiger charge is 2.29. The first-order valence-electron chi connectivity index (χ1n) is 4.86. The second-order valence-electron chi connectivity index (χ2n) is 3.53. The molecule has 1 unspecified atom stereocenters. The number of hydrogen-bond acceptors (Lipinski definition) is 2. The summed E-state index contributed by atoms with van der Waals surface area (Å²) in [5.41, 5.74) is -0.203. The van der Waals surface area contributed by atoms with Crippen molar-refractivity contribution in [2.24, 2.45) is 0 Å². The minimum atomic E-state index is -0.985. The molecule has 0 saturated carbocycles. The van der Waals surface area contributed by atoms with Crippen molar-refractivity contribution in [2.75, 3.05) is 7.11 Å². The summed E-state index contributed by atoms with van der Waals surface area (Å²) in [6.07, 6.45) is 8.85. The molecule has 1 aliphatic carbocycles. The molecule has 77 valence electrons. The van der Waals surface area contributed by atoms with Gasteiger partial charge in [0.15, 0.2) is 0 Å².